The second-order valence-electron chi connectivity index (χ2n) is 5.77. The van der Waals surface area contributed by atoms with Crippen molar-refractivity contribution in [2.75, 3.05) is 18.5 Å². The number of fused-ring (bicyclic) bond motifs is 1. The van der Waals surface area contributed by atoms with Gasteiger partial charge in [0.25, 0.3) is 0 Å². The van der Waals surface area contributed by atoms with E-state index in [0.717, 1.165) is 48.3 Å². The van der Waals surface area contributed by atoms with Crippen molar-refractivity contribution in [2.45, 2.75) is 25.3 Å². The van der Waals surface area contributed by atoms with Crippen molar-refractivity contribution in [3.63, 3.8) is 0 Å². The van der Waals surface area contributed by atoms with Crippen molar-refractivity contribution in [1.82, 2.24) is 4.98 Å². The minimum atomic E-state index is 0.521. The molecule has 0 bridgehead atoms. The van der Waals surface area contributed by atoms with Crippen molar-refractivity contribution in [2.24, 2.45) is 0 Å². The Balaban J connectivity index is 1.70. The van der Waals surface area contributed by atoms with E-state index in [2.05, 4.69) is 43.7 Å². The highest BCUT2D eigenvalue weighted by atomic mass is 79.9. The summed E-state index contributed by atoms with van der Waals surface area (Å²) in [6.45, 7) is 2.47. The van der Waals surface area contributed by atoms with Crippen LogP contribution < -0.4 is 5.32 Å². The van der Waals surface area contributed by atoms with E-state index in [1.165, 1.54) is 14.5 Å². The normalized spacial score (nSPS) is 15.9. The van der Waals surface area contributed by atoms with Crippen LogP contribution in [0.15, 0.2) is 28.1 Å². The molecular formula is C17H16BrClN2OS2. The number of ether oxygens (including phenoxy) is 1. The van der Waals surface area contributed by atoms with Gasteiger partial charge in [-0.25, -0.2) is 4.98 Å². The molecule has 1 aliphatic rings. The van der Waals surface area contributed by atoms with Crippen LogP contribution in [-0.2, 0) is 11.3 Å². The predicted molar refractivity (Wildman–Crippen MR) is 107 cm³/mol. The number of anilines is 1. The van der Waals surface area contributed by atoms with E-state index in [4.69, 9.17) is 16.3 Å². The van der Waals surface area contributed by atoms with Crippen LogP contribution in [0.5, 0.6) is 0 Å². The summed E-state index contributed by atoms with van der Waals surface area (Å²) in [7, 11) is 0. The maximum Gasteiger partial charge on any atom is 0.131 e. The van der Waals surface area contributed by atoms with E-state index in [9.17, 15) is 0 Å². The highest BCUT2D eigenvalue weighted by Gasteiger charge is 2.24. The molecule has 0 radical (unpaired) electrons. The van der Waals surface area contributed by atoms with E-state index >= 15 is 0 Å². The molecule has 3 aromatic rings. The molecule has 24 heavy (non-hydrogen) atoms. The smallest absolute Gasteiger partial charge is 0.131 e. The summed E-state index contributed by atoms with van der Waals surface area (Å²) in [6, 6.07) is 6.13. The summed E-state index contributed by atoms with van der Waals surface area (Å²) >= 11 is 13.6. The van der Waals surface area contributed by atoms with Gasteiger partial charge in [-0.05, 0) is 46.1 Å². The fraction of sp³-hybridized carbons (Fsp3) is 0.353. The molecule has 1 aliphatic heterocycles. The molecular weight excluding hydrogens is 428 g/mol. The number of nitrogens with one attached hydrogen (secondary N) is 1. The molecule has 3 nitrogen and oxygen atoms in total. The fourth-order valence-electron chi connectivity index (χ4n) is 2.97. The van der Waals surface area contributed by atoms with Crippen LogP contribution in [0.3, 0.4) is 0 Å². The van der Waals surface area contributed by atoms with Crippen molar-refractivity contribution >= 4 is 66.1 Å². The minimum absolute atomic E-state index is 0.521. The maximum absolute atomic E-state index is 6.27. The monoisotopic (exact) mass is 442 g/mol. The van der Waals surface area contributed by atoms with Crippen LogP contribution in [0.1, 0.15) is 28.5 Å². The van der Waals surface area contributed by atoms with E-state index in [1.54, 1.807) is 11.3 Å². The summed E-state index contributed by atoms with van der Waals surface area (Å²) in [6.07, 6.45) is 2.13. The summed E-state index contributed by atoms with van der Waals surface area (Å²) in [4.78, 5) is 7.22. The van der Waals surface area contributed by atoms with Gasteiger partial charge in [0.2, 0.25) is 0 Å². The van der Waals surface area contributed by atoms with E-state index in [1.807, 2.05) is 17.4 Å². The van der Waals surface area contributed by atoms with Crippen molar-refractivity contribution in [3.05, 3.63) is 43.0 Å². The molecule has 4 heterocycles. The van der Waals surface area contributed by atoms with E-state index in [-0.39, 0.29) is 0 Å². The molecule has 0 aliphatic carbocycles. The molecule has 1 N–H and O–H groups in total. The Morgan fingerprint density at radius 2 is 2.21 bits per heavy atom. The number of halogens is 2. The summed E-state index contributed by atoms with van der Waals surface area (Å²) < 4.78 is 7.76. The number of thiophene rings is 2. The standard InChI is InChI=1S/C17H16BrClN2OS2/c18-14-15-17(24-16(14)10-3-5-22-6-4-10)12(8-13(19)21-15)20-9-11-2-1-7-23-11/h1-2,7-8,10H,3-6,9H2,(H,20,21). The van der Waals surface area contributed by atoms with Gasteiger partial charge in [-0.15, -0.1) is 22.7 Å². The molecule has 1 fully saturated rings. The average Bonchev–Trinajstić information content (AvgIpc) is 3.22. The zero-order valence-corrected chi connectivity index (χ0v) is 16.8. The van der Waals surface area contributed by atoms with E-state index in [0.29, 0.717) is 11.1 Å². The average molecular weight is 444 g/mol. The molecule has 0 atom stereocenters. The number of hydrogen-bond acceptors (Lipinski definition) is 5. The summed E-state index contributed by atoms with van der Waals surface area (Å²) in [5.41, 5.74) is 2.02. The maximum atomic E-state index is 6.27. The Bertz CT molecular complexity index is 844. The lowest BCUT2D eigenvalue weighted by Crippen LogP contribution is -2.13. The number of nitrogens with zero attached hydrogens (tertiary/aromatic N) is 1. The Hall–Kier alpha value is -0.660. The first kappa shape index (κ1) is 16.8. The third kappa shape index (κ3) is 3.35. The molecule has 7 heteroatoms. The molecule has 1 saturated heterocycles. The van der Waals surface area contributed by atoms with Gasteiger partial charge < -0.3 is 10.1 Å². The predicted octanol–water partition coefficient (Wildman–Crippen LogP) is 6.28. The van der Waals surface area contributed by atoms with Crippen LogP contribution in [0, 0.1) is 0 Å². The van der Waals surface area contributed by atoms with Gasteiger partial charge in [0, 0.05) is 35.6 Å². The molecule has 0 unspecified atom stereocenters. The third-order valence-electron chi connectivity index (χ3n) is 4.20. The number of aromatic nitrogens is 1. The Kier molecular flexibility index (Phi) is 5.10. The Morgan fingerprint density at radius 3 is 2.96 bits per heavy atom. The van der Waals surface area contributed by atoms with Gasteiger partial charge in [-0.3, -0.25) is 0 Å². The third-order valence-corrected chi connectivity index (χ3v) is 7.71. The Labute approximate surface area is 162 Å². The number of rotatable bonds is 4. The SMILES string of the molecule is Clc1cc(NCc2cccs2)c2sc(C3CCOCC3)c(Br)c2n1. The van der Waals surface area contributed by atoms with Crippen LogP contribution in [0.25, 0.3) is 10.2 Å². The second-order valence-corrected chi connectivity index (χ2v) is 9.03. The van der Waals surface area contributed by atoms with Crippen LogP contribution in [0.4, 0.5) is 5.69 Å². The molecule has 3 aromatic heterocycles. The lowest BCUT2D eigenvalue weighted by molar-refractivity contribution is 0.0859. The topological polar surface area (TPSA) is 34.1 Å². The first-order chi connectivity index (χ1) is 11.7. The lowest BCUT2D eigenvalue weighted by Gasteiger charge is -2.21. The second kappa shape index (κ2) is 7.30. The zero-order chi connectivity index (χ0) is 16.5. The largest absolute Gasteiger partial charge is 0.381 e. The first-order valence-corrected chi connectivity index (χ1v) is 10.7. The highest BCUT2D eigenvalue weighted by molar-refractivity contribution is 9.10. The van der Waals surface area contributed by atoms with Crippen LogP contribution >= 0.6 is 50.2 Å². The lowest BCUT2D eigenvalue weighted by atomic mass is 9.98. The van der Waals surface area contributed by atoms with Crippen LogP contribution in [0.2, 0.25) is 5.15 Å². The van der Waals surface area contributed by atoms with Gasteiger partial charge in [-0.1, -0.05) is 17.7 Å². The zero-order valence-electron chi connectivity index (χ0n) is 12.9. The summed E-state index contributed by atoms with van der Waals surface area (Å²) in [5.74, 6) is 0.538. The number of pyridine rings is 1. The molecule has 4 rings (SSSR count). The highest BCUT2D eigenvalue weighted by Crippen LogP contribution is 2.45. The van der Waals surface area contributed by atoms with Gasteiger partial charge >= 0.3 is 0 Å². The minimum Gasteiger partial charge on any atom is -0.381 e. The van der Waals surface area contributed by atoms with Crippen molar-refractivity contribution in [3.8, 4) is 0 Å². The van der Waals surface area contributed by atoms with Gasteiger partial charge in [0.1, 0.15) is 5.15 Å². The Morgan fingerprint density at radius 1 is 1.38 bits per heavy atom. The van der Waals surface area contributed by atoms with Gasteiger partial charge in [-0.2, -0.15) is 0 Å². The van der Waals surface area contributed by atoms with Crippen molar-refractivity contribution in [1.29, 1.82) is 0 Å². The van der Waals surface area contributed by atoms with Gasteiger partial charge in [0.15, 0.2) is 0 Å². The van der Waals surface area contributed by atoms with Crippen molar-refractivity contribution < 1.29 is 4.74 Å². The molecule has 0 saturated carbocycles. The molecule has 0 amide bonds. The quantitative estimate of drug-likeness (QED) is 0.482. The molecule has 126 valence electrons. The first-order valence-electron chi connectivity index (χ1n) is 7.85. The molecule has 0 aromatic carbocycles. The fourth-order valence-corrected chi connectivity index (χ4v) is 6.09. The summed E-state index contributed by atoms with van der Waals surface area (Å²) in [5, 5.41) is 6.14. The van der Waals surface area contributed by atoms with E-state index < -0.39 is 0 Å². The number of hydrogen-bond donors (Lipinski definition) is 1. The van der Waals surface area contributed by atoms with Crippen LogP contribution in [-0.4, -0.2) is 18.2 Å². The molecule has 0 spiro atoms. The van der Waals surface area contributed by atoms with Gasteiger partial charge in [0.05, 0.1) is 20.4 Å².